The third-order valence-electron chi connectivity index (χ3n) is 4.70. The van der Waals surface area contributed by atoms with Gasteiger partial charge < -0.3 is 14.2 Å². The summed E-state index contributed by atoms with van der Waals surface area (Å²) in [4.78, 5) is 14.8. The van der Waals surface area contributed by atoms with Gasteiger partial charge in [0, 0.05) is 37.6 Å². The molecule has 0 saturated heterocycles. The van der Waals surface area contributed by atoms with Gasteiger partial charge in [0.25, 0.3) is 5.91 Å². The van der Waals surface area contributed by atoms with Gasteiger partial charge in [-0.15, -0.1) is 0 Å². The average molecular weight is 316 g/mol. The zero-order valence-electron chi connectivity index (χ0n) is 13.6. The van der Waals surface area contributed by atoms with E-state index in [2.05, 4.69) is 10.3 Å². The SMILES string of the molecule is C[C@@H]1Cc2c(C(=O)N3CCc4nocc4C3)nn(C)c2[C@H](C)O1. The molecule has 7 nitrogen and oxygen atoms in total. The Bertz CT molecular complexity index is 763. The monoisotopic (exact) mass is 316 g/mol. The normalized spacial score (nSPS) is 23.5. The first-order valence-corrected chi connectivity index (χ1v) is 7.97. The highest BCUT2D eigenvalue weighted by Crippen LogP contribution is 2.32. The van der Waals surface area contributed by atoms with Crippen molar-refractivity contribution in [1.82, 2.24) is 19.8 Å². The largest absolute Gasteiger partial charge is 0.369 e. The van der Waals surface area contributed by atoms with Crippen molar-refractivity contribution in [3.05, 3.63) is 34.5 Å². The summed E-state index contributed by atoms with van der Waals surface area (Å²) in [5, 5.41) is 8.47. The number of amides is 1. The van der Waals surface area contributed by atoms with Crippen molar-refractivity contribution in [1.29, 1.82) is 0 Å². The molecule has 0 saturated carbocycles. The van der Waals surface area contributed by atoms with Gasteiger partial charge in [-0.2, -0.15) is 5.10 Å². The van der Waals surface area contributed by atoms with Crippen LogP contribution in [0.5, 0.6) is 0 Å². The molecule has 122 valence electrons. The molecule has 7 heteroatoms. The Kier molecular flexibility index (Phi) is 3.26. The molecule has 0 fully saturated rings. The number of aromatic nitrogens is 3. The summed E-state index contributed by atoms with van der Waals surface area (Å²) >= 11 is 0. The topological polar surface area (TPSA) is 73.4 Å². The Morgan fingerprint density at radius 3 is 3.04 bits per heavy atom. The average Bonchev–Trinajstić information content (AvgIpc) is 3.10. The molecule has 1 amide bonds. The Hall–Kier alpha value is -2.15. The minimum Gasteiger partial charge on any atom is -0.369 e. The summed E-state index contributed by atoms with van der Waals surface area (Å²) in [6.45, 7) is 5.22. The van der Waals surface area contributed by atoms with Gasteiger partial charge in [-0.1, -0.05) is 5.16 Å². The van der Waals surface area contributed by atoms with E-state index in [4.69, 9.17) is 9.26 Å². The Morgan fingerprint density at radius 2 is 2.22 bits per heavy atom. The van der Waals surface area contributed by atoms with Crippen LogP contribution in [-0.4, -0.2) is 38.4 Å². The van der Waals surface area contributed by atoms with Gasteiger partial charge >= 0.3 is 0 Å². The lowest BCUT2D eigenvalue weighted by Gasteiger charge is -2.28. The third kappa shape index (κ3) is 2.26. The predicted molar refractivity (Wildman–Crippen MR) is 80.8 cm³/mol. The van der Waals surface area contributed by atoms with Crippen molar-refractivity contribution >= 4 is 5.91 Å². The van der Waals surface area contributed by atoms with Crippen LogP contribution in [0.4, 0.5) is 0 Å². The number of nitrogens with zero attached hydrogens (tertiary/aromatic N) is 4. The van der Waals surface area contributed by atoms with Gasteiger partial charge in [0.05, 0.1) is 30.1 Å². The second kappa shape index (κ2) is 5.19. The molecule has 2 aliphatic rings. The summed E-state index contributed by atoms with van der Waals surface area (Å²) in [7, 11) is 1.87. The zero-order chi connectivity index (χ0) is 16.1. The quantitative estimate of drug-likeness (QED) is 0.799. The second-order valence-corrected chi connectivity index (χ2v) is 6.39. The fourth-order valence-electron chi connectivity index (χ4n) is 3.67. The summed E-state index contributed by atoms with van der Waals surface area (Å²) in [5.74, 6) is -0.0185. The smallest absolute Gasteiger partial charge is 0.274 e. The lowest BCUT2D eigenvalue weighted by Crippen LogP contribution is -2.36. The molecule has 0 N–H and O–H groups in total. The van der Waals surface area contributed by atoms with Crippen LogP contribution < -0.4 is 0 Å². The van der Waals surface area contributed by atoms with Crippen LogP contribution >= 0.6 is 0 Å². The van der Waals surface area contributed by atoms with E-state index in [0.717, 1.165) is 35.4 Å². The zero-order valence-corrected chi connectivity index (χ0v) is 13.6. The molecule has 2 atom stereocenters. The first kappa shape index (κ1) is 14.4. The van der Waals surface area contributed by atoms with Gasteiger partial charge in [-0.3, -0.25) is 9.48 Å². The number of fused-ring (bicyclic) bond motifs is 2. The summed E-state index contributed by atoms with van der Waals surface area (Å²) < 4.78 is 12.6. The fraction of sp³-hybridized carbons (Fsp3) is 0.562. The van der Waals surface area contributed by atoms with E-state index in [0.29, 0.717) is 18.8 Å². The van der Waals surface area contributed by atoms with Crippen LogP contribution in [0.2, 0.25) is 0 Å². The van der Waals surface area contributed by atoms with Crippen molar-refractivity contribution in [2.45, 2.75) is 45.4 Å². The van der Waals surface area contributed by atoms with E-state index < -0.39 is 0 Å². The van der Waals surface area contributed by atoms with Gasteiger partial charge in [-0.25, -0.2) is 0 Å². The fourth-order valence-corrected chi connectivity index (χ4v) is 3.67. The molecule has 0 aliphatic carbocycles. The number of carbonyl (C=O) groups is 1. The minimum absolute atomic E-state index is 0.0185. The molecule has 23 heavy (non-hydrogen) atoms. The van der Waals surface area contributed by atoms with Crippen molar-refractivity contribution in [3.63, 3.8) is 0 Å². The lowest BCUT2D eigenvalue weighted by molar-refractivity contribution is -0.00907. The van der Waals surface area contributed by atoms with E-state index in [1.165, 1.54) is 0 Å². The van der Waals surface area contributed by atoms with Gasteiger partial charge in [0.2, 0.25) is 0 Å². The Labute approximate surface area is 134 Å². The molecule has 4 heterocycles. The summed E-state index contributed by atoms with van der Waals surface area (Å²) in [5.41, 5.74) is 4.53. The number of hydrogen-bond acceptors (Lipinski definition) is 5. The Balaban J connectivity index is 1.66. The van der Waals surface area contributed by atoms with Crippen LogP contribution in [0.1, 0.15) is 53.0 Å². The predicted octanol–water partition coefficient (Wildman–Crippen LogP) is 1.63. The number of hydrogen-bond donors (Lipinski definition) is 0. The third-order valence-corrected chi connectivity index (χ3v) is 4.70. The second-order valence-electron chi connectivity index (χ2n) is 6.39. The van der Waals surface area contributed by atoms with E-state index in [9.17, 15) is 4.79 Å². The molecular formula is C16H20N4O3. The minimum atomic E-state index is -0.0427. The van der Waals surface area contributed by atoms with Gasteiger partial charge in [0.1, 0.15) is 6.26 Å². The molecule has 2 aromatic rings. The van der Waals surface area contributed by atoms with Crippen molar-refractivity contribution in [3.8, 4) is 0 Å². The van der Waals surface area contributed by atoms with E-state index >= 15 is 0 Å². The maximum absolute atomic E-state index is 13.0. The van der Waals surface area contributed by atoms with Gasteiger partial charge in [-0.05, 0) is 13.8 Å². The molecule has 0 radical (unpaired) electrons. The van der Waals surface area contributed by atoms with Crippen LogP contribution in [0.15, 0.2) is 10.8 Å². The molecule has 0 unspecified atom stereocenters. The molecule has 2 aliphatic heterocycles. The van der Waals surface area contributed by atoms with Crippen LogP contribution in [0.3, 0.4) is 0 Å². The highest BCUT2D eigenvalue weighted by molar-refractivity contribution is 5.94. The molecule has 2 aromatic heterocycles. The Morgan fingerprint density at radius 1 is 1.39 bits per heavy atom. The van der Waals surface area contributed by atoms with Crippen molar-refractivity contribution in [2.75, 3.05) is 6.54 Å². The number of rotatable bonds is 1. The highest BCUT2D eigenvalue weighted by atomic mass is 16.5. The van der Waals surface area contributed by atoms with Crippen LogP contribution in [0.25, 0.3) is 0 Å². The van der Waals surface area contributed by atoms with Crippen molar-refractivity contribution in [2.24, 2.45) is 7.05 Å². The number of carbonyl (C=O) groups excluding carboxylic acids is 1. The molecule has 4 rings (SSSR count). The van der Waals surface area contributed by atoms with Crippen LogP contribution in [0, 0.1) is 0 Å². The van der Waals surface area contributed by atoms with E-state index in [-0.39, 0.29) is 18.1 Å². The highest BCUT2D eigenvalue weighted by Gasteiger charge is 2.34. The lowest BCUT2D eigenvalue weighted by atomic mass is 9.98. The summed E-state index contributed by atoms with van der Waals surface area (Å²) in [6.07, 6.45) is 3.13. The van der Waals surface area contributed by atoms with E-state index in [1.807, 2.05) is 25.8 Å². The number of ether oxygens (including phenoxy) is 1. The first-order chi connectivity index (χ1) is 11.0. The maximum atomic E-state index is 13.0. The number of aryl methyl sites for hydroxylation is 1. The molecule has 0 spiro atoms. The molecule has 0 aromatic carbocycles. The van der Waals surface area contributed by atoms with E-state index in [1.54, 1.807) is 10.9 Å². The maximum Gasteiger partial charge on any atom is 0.274 e. The molecular weight excluding hydrogens is 296 g/mol. The first-order valence-electron chi connectivity index (χ1n) is 7.97. The standard InChI is InChI=1S/C16H20N4O3/c1-9-6-12-14(17-19(3)15(12)10(2)23-9)16(21)20-5-4-13-11(7-20)8-22-18-13/h8-10H,4-7H2,1-3H3/t9-,10+/m1/s1. The molecule has 0 bridgehead atoms. The van der Waals surface area contributed by atoms with Crippen molar-refractivity contribution < 1.29 is 14.1 Å². The summed E-state index contributed by atoms with van der Waals surface area (Å²) in [6, 6.07) is 0. The van der Waals surface area contributed by atoms with Crippen LogP contribution in [-0.2, 0) is 31.2 Å². The van der Waals surface area contributed by atoms with Gasteiger partial charge in [0.15, 0.2) is 5.69 Å².